The van der Waals surface area contributed by atoms with Crippen LogP contribution in [0.4, 0.5) is 0 Å². The average molecular weight is 501 g/mol. The topological polar surface area (TPSA) is 121 Å². The molecule has 0 unspecified atom stereocenters. The van der Waals surface area contributed by atoms with Crippen LogP contribution in [0.5, 0.6) is 0 Å². The van der Waals surface area contributed by atoms with Crippen molar-refractivity contribution in [2.75, 3.05) is 7.05 Å². The van der Waals surface area contributed by atoms with Crippen molar-refractivity contribution in [3.05, 3.63) is 71.8 Å². The van der Waals surface area contributed by atoms with E-state index in [0.29, 0.717) is 5.56 Å². The number of aliphatic hydroxyl groups is 1. The number of benzene rings is 2. The minimum Gasteiger partial charge on any atom is -0.459 e. The summed E-state index contributed by atoms with van der Waals surface area (Å²) in [5.74, 6) is -3.87. The van der Waals surface area contributed by atoms with Gasteiger partial charge in [-0.25, -0.2) is 13.2 Å². The third-order valence-corrected chi connectivity index (χ3v) is 9.63. The second-order valence-corrected chi connectivity index (χ2v) is 12.1. The number of hydrogen-bond donors (Lipinski definition) is 1. The van der Waals surface area contributed by atoms with Crippen LogP contribution in [0.2, 0.25) is 0 Å². The second kappa shape index (κ2) is 9.09. The lowest BCUT2D eigenvalue weighted by Crippen LogP contribution is -2.68. The van der Waals surface area contributed by atoms with Crippen LogP contribution in [0.15, 0.2) is 60.7 Å². The summed E-state index contributed by atoms with van der Waals surface area (Å²) in [4.78, 5) is 41.1. The Balaban J connectivity index is 1.52. The van der Waals surface area contributed by atoms with Gasteiger partial charge in [0.15, 0.2) is 9.84 Å². The van der Waals surface area contributed by atoms with Crippen LogP contribution < -0.4 is 0 Å². The van der Waals surface area contributed by atoms with Crippen molar-refractivity contribution >= 4 is 27.6 Å². The van der Waals surface area contributed by atoms with E-state index in [1.807, 2.05) is 36.4 Å². The van der Waals surface area contributed by atoms with Crippen LogP contribution in [0.1, 0.15) is 25.0 Å². The minimum atomic E-state index is -4.11. The lowest BCUT2D eigenvalue weighted by molar-refractivity contribution is -0.175. The Morgan fingerprint density at radius 2 is 1.60 bits per heavy atom. The molecule has 1 N–H and O–H groups in total. The summed E-state index contributed by atoms with van der Waals surface area (Å²) in [6, 6.07) is 16.6. The molecule has 2 aromatic carbocycles. The maximum Gasteiger partial charge on any atom is 0.330 e. The quantitative estimate of drug-likeness (QED) is 0.447. The molecule has 4 rings (SSSR count). The Kier molecular flexibility index (Phi) is 6.46. The van der Waals surface area contributed by atoms with Crippen molar-refractivity contribution in [1.29, 1.82) is 0 Å². The molecular weight excluding hydrogens is 472 g/mol. The summed E-state index contributed by atoms with van der Waals surface area (Å²) in [7, 11) is -2.65. The van der Waals surface area contributed by atoms with Gasteiger partial charge < -0.3 is 19.6 Å². The molecule has 0 spiro atoms. The molecule has 2 aromatic rings. The first-order chi connectivity index (χ1) is 16.5. The van der Waals surface area contributed by atoms with Crippen LogP contribution in [-0.2, 0) is 42.1 Å². The highest BCUT2D eigenvalue weighted by molar-refractivity contribution is 7.93. The smallest absolute Gasteiger partial charge is 0.330 e. The number of β-lactam (4-membered cyclic amide) rings is 1. The van der Waals surface area contributed by atoms with Crippen molar-refractivity contribution in [2.24, 2.45) is 5.92 Å². The lowest BCUT2D eigenvalue weighted by Gasteiger charge is -2.44. The molecule has 2 aliphatic rings. The van der Waals surface area contributed by atoms with E-state index in [1.54, 1.807) is 24.3 Å². The SMILES string of the molecule is CN(Cc1ccccc1)C(=O)[C@@H](O)[C@@H]1C(=O)N2[C@@H](C(=O)OCc3ccccc3)C(C)(C)S(=O)(=O)[C@H]12. The predicted octanol–water partition coefficient (Wildman–Crippen LogP) is 1.11. The molecule has 10 heteroatoms. The van der Waals surface area contributed by atoms with E-state index in [4.69, 9.17) is 4.74 Å². The van der Waals surface area contributed by atoms with E-state index in [0.717, 1.165) is 10.5 Å². The summed E-state index contributed by atoms with van der Waals surface area (Å²) in [5, 5.41) is 9.28. The normalized spacial score (nSPS) is 24.7. The van der Waals surface area contributed by atoms with Gasteiger partial charge in [-0.2, -0.15) is 0 Å². The van der Waals surface area contributed by atoms with Gasteiger partial charge in [0.1, 0.15) is 30.0 Å². The van der Waals surface area contributed by atoms with E-state index >= 15 is 0 Å². The summed E-state index contributed by atoms with van der Waals surface area (Å²) in [5.41, 5.74) is 1.53. The number of carbonyl (C=O) groups is 3. The molecule has 2 amide bonds. The standard InChI is InChI=1S/C25H28N2O7S/c1-25(2)20(24(31)34-15-17-12-8-5-9-13-17)27-21(29)18(23(27)35(25,32)33)19(28)22(30)26(3)14-16-10-6-4-7-11-16/h4-13,18-20,23,28H,14-15H2,1-3H3/t18-,19+,20+,23-/m1/s1. The molecule has 35 heavy (non-hydrogen) atoms. The molecule has 2 heterocycles. The maximum atomic E-state index is 13.4. The number of nitrogens with zero attached hydrogens (tertiary/aromatic N) is 2. The van der Waals surface area contributed by atoms with Crippen LogP contribution in [0, 0.1) is 5.92 Å². The molecule has 0 aromatic heterocycles. The number of sulfone groups is 1. The second-order valence-electron chi connectivity index (χ2n) is 9.43. The fourth-order valence-corrected chi connectivity index (χ4v) is 7.06. The molecule has 0 radical (unpaired) electrons. The van der Waals surface area contributed by atoms with Crippen LogP contribution in [0.3, 0.4) is 0 Å². The van der Waals surface area contributed by atoms with E-state index < -0.39 is 55.8 Å². The van der Waals surface area contributed by atoms with Gasteiger partial charge >= 0.3 is 5.97 Å². The van der Waals surface area contributed by atoms with Crippen LogP contribution in [0.25, 0.3) is 0 Å². The number of aliphatic hydroxyl groups excluding tert-OH is 1. The molecule has 0 aliphatic carbocycles. The molecule has 2 saturated heterocycles. The van der Waals surface area contributed by atoms with E-state index in [9.17, 15) is 27.9 Å². The van der Waals surface area contributed by atoms with Gasteiger partial charge in [-0.3, -0.25) is 9.59 Å². The summed E-state index contributed by atoms with van der Waals surface area (Å²) < 4.78 is 30.4. The highest BCUT2D eigenvalue weighted by Gasteiger charge is 2.74. The fraction of sp³-hybridized carbons (Fsp3) is 0.400. The van der Waals surface area contributed by atoms with Crippen molar-refractivity contribution in [3.8, 4) is 0 Å². The minimum absolute atomic E-state index is 0.0756. The number of esters is 1. The van der Waals surface area contributed by atoms with Gasteiger partial charge in [-0.1, -0.05) is 60.7 Å². The Hall–Kier alpha value is -3.24. The largest absolute Gasteiger partial charge is 0.459 e. The first-order valence-corrected chi connectivity index (χ1v) is 12.8. The number of rotatable bonds is 7. The fourth-order valence-electron chi connectivity index (χ4n) is 4.74. The van der Waals surface area contributed by atoms with Gasteiger partial charge in [0.2, 0.25) is 5.91 Å². The highest BCUT2D eigenvalue weighted by Crippen LogP contribution is 2.50. The Labute approximate surface area is 204 Å². The number of likely N-dealkylation sites (N-methyl/N-ethyl adjacent to an activating group) is 1. The summed E-state index contributed by atoms with van der Waals surface area (Å²) in [6.45, 7) is 2.82. The zero-order chi connectivity index (χ0) is 25.5. The molecule has 0 saturated carbocycles. The predicted molar refractivity (Wildman–Crippen MR) is 126 cm³/mol. The van der Waals surface area contributed by atoms with Gasteiger partial charge in [-0.15, -0.1) is 0 Å². The first kappa shape index (κ1) is 24.9. The van der Waals surface area contributed by atoms with Crippen molar-refractivity contribution < 1.29 is 32.6 Å². The molecule has 2 aliphatic heterocycles. The number of amides is 2. The third kappa shape index (κ3) is 4.10. The Bertz CT molecular complexity index is 1230. The monoisotopic (exact) mass is 500 g/mol. The third-order valence-electron chi connectivity index (χ3n) is 6.79. The van der Waals surface area contributed by atoms with E-state index in [2.05, 4.69) is 0 Å². The van der Waals surface area contributed by atoms with Gasteiger partial charge in [-0.05, 0) is 25.0 Å². The maximum absolute atomic E-state index is 13.4. The zero-order valence-corrected chi connectivity index (χ0v) is 20.5. The molecule has 0 bridgehead atoms. The molecule has 9 nitrogen and oxygen atoms in total. The van der Waals surface area contributed by atoms with E-state index in [1.165, 1.54) is 25.8 Å². The number of ether oxygens (including phenoxy) is 1. The van der Waals surface area contributed by atoms with E-state index in [-0.39, 0.29) is 13.2 Å². The zero-order valence-electron chi connectivity index (χ0n) is 19.7. The number of fused-ring (bicyclic) bond motifs is 1. The lowest BCUT2D eigenvalue weighted by atomic mass is 9.87. The first-order valence-electron chi connectivity index (χ1n) is 11.2. The average Bonchev–Trinajstić information content (AvgIpc) is 2.97. The van der Waals surface area contributed by atoms with Gasteiger partial charge in [0.25, 0.3) is 5.91 Å². The number of hydrogen-bond acceptors (Lipinski definition) is 7. The highest BCUT2D eigenvalue weighted by atomic mass is 32.2. The van der Waals surface area contributed by atoms with Gasteiger partial charge in [0, 0.05) is 13.6 Å². The van der Waals surface area contributed by atoms with Crippen molar-refractivity contribution in [2.45, 2.75) is 49.3 Å². The van der Waals surface area contributed by atoms with Crippen LogP contribution >= 0.6 is 0 Å². The molecule has 4 atom stereocenters. The Morgan fingerprint density at radius 1 is 1.06 bits per heavy atom. The van der Waals surface area contributed by atoms with Crippen molar-refractivity contribution in [3.63, 3.8) is 0 Å². The Morgan fingerprint density at radius 3 is 2.17 bits per heavy atom. The number of carbonyl (C=O) groups excluding carboxylic acids is 3. The van der Waals surface area contributed by atoms with Crippen molar-refractivity contribution in [1.82, 2.24) is 9.80 Å². The molecular formula is C25H28N2O7S. The summed E-state index contributed by atoms with van der Waals surface area (Å²) in [6.07, 6.45) is -1.86. The van der Waals surface area contributed by atoms with Crippen LogP contribution in [-0.4, -0.2) is 70.4 Å². The molecule has 2 fully saturated rings. The van der Waals surface area contributed by atoms with Gasteiger partial charge in [0.05, 0.1) is 4.75 Å². The summed E-state index contributed by atoms with van der Waals surface area (Å²) >= 11 is 0. The molecule has 186 valence electrons.